The molecule has 0 radical (unpaired) electrons. The summed E-state index contributed by atoms with van der Waals surface area (Å²) in [7, 11) is 0. The standard InChI is InChI=1S/C20H18N2O5S/c1-28-19-5-3-2-4-17(19)24-11-14-9-15(22-27-14)20(23)21-10-13-6-7-16-18(8-13)26-12-25-16/h2-9H,10-12H2,1H3,(H,21,23). The Morgan fingerprint density at radius 2 is 2.04 bits per heavy atom. The van der Waals surface area contributed by atoms with Gasteiger partial charge in [0.05, 0.1) is 0 Å². The number of thioether (sulfide) groups is 1. The number of hydrogen-bond donors (Lipinski definition) is 1. The van der Waals surface area contributed by atoms with Gasteiger partial charge in [-0.1, -0.05) is 23.4 Å². The van der Waals surface area contributed by atoms with E-state index in [1.807, 2.05) is 48.7 Å². The Bertz CT molecular complexity index is 988. The van der Waals surface area contributed by atoms with E-state index in [1.165, 1.54) is 0 Å². The maximum atomic E-state index is 12.3. The topological polar surface area (TPSA) is 82.8 Å². The fourth-order valence-corrected chi connectivity index (χ4v) is 3.24. The Kier molecular flexibility index (Phi) is 5.38. The van der Waals surface area contributed by atoms with Gasteiger partial charge >= 0.3 is 0 Å². The van der Waals surface area contributed by atoms with Gasteiger partial charge in [0.25, 0.3) is 5.91 Å². The van der Waals surface area contributed by atoms with Gasteiger partial charge in [-0.3, -0.25) is 4.79 Å². The number of carbonyl (C=O) groups is 1. The van der Waals surface area contributed by atoms with Crippen LogP contribution in [0, 0.1) is 0 Å². The second-order valence-electron chi connectivity index (χ2n) is 5.99. The Hall–Kier alpha value is -3.13. The van der Waals surface area contributed by atoms with E-state index in [2.05, 4.69) is 10.5 Å². The zero-order valence-electron chi connectivity index (χ0n) is 15.1. The molecule has 0 saturated carbocycles. The number of amides is 1. The van der Waals surface area contributed by atoms with Crippen molar-refractivity contribution >= 4 is 17.7 Å². The van der Waals surface area contributed by atoms with E-state index in [1.54, 1.807) is 17.8 Å². The first-order valence-electron chi connectivity index (χ1n) is 8.61. The highest BCUT2D eigenvalue weighted by molar-refractivity contribution is 7.98. The summed E-state index contributed by atoms with van der Waals surface area (Å²) in [4.78, 5) is 13.3. The van der Waals surface area contributed by atoms with Crippen molar-refractivity contribution in [3.8, 4) is 17.2 Å². The quantitative estimate of drug-likeness (QED) is 0.609. The van der Waals surface area contributed by atoms with Gasteiger partial charge in [-0.05, 0) is 36.1 Å². The maximum absolute atomic E-state index is 12.3. The molecule has 1 aromatic heterocycles. The van der Waals surface area contributed by atoms with Crippen molar-refractivity contribution in [3.05, 3.63) is 65.5 Å². The second kappa shape index (κ2) is 8.26. The van der Waals surface area contributed by atoms with Crippen LogP contribution in [-0.2, 0) is 13.2 Å². The Morgan fingerprint density at radius 3 is 2.93 bits per heavy atom. The third-order valence-electron chi connectivity index (χ3n) is 4.12. The summed E-state index contributed by atoms with van der Waals surface area (Å²) in [6, 6.07) is 14.8. The highest BCUT2D eigenvalue weighted by Gasteiger charge is 2.16. The molecule has 0 bridgehead atoms. The molecule has 1 aliphatic rings. The first-order valence-corrected chi connectivity index (χ1v) is 9.83. The molecule has 1 N–H and O–H groups in total. The molecule has 0 fully saturated rings. The second-order valence-corrected chi connectivity index (χ2v) is 6.84. The lowest BCUT2D eigenvalue weighted by Crippen LogP contribution is -2.23. The van der Waals surface area contributed by atoms with E-state index in [9.17, 15) is 4.79 Å². The zero-order chi connectivity index (χ0) is 19.3. The molecule has 0 aliphatic carbocycles. The number of benzene rings is 2. The number of rotatable bonds is 7. The summed E-state index contributed by atoms with van der Waals surface area (Å²) in [5.74, 6) is 2.30. The summed E-state index contributed by atoms with van der Waals surface area (Å²) in [5.41, 5.74) is 1.11. The summed E-state index contributed by atoms with van der Waals surface area (Å²) < 4.78 is 21.6. The predicted octanol–water partition coefficient (Wildman–Crippen LogP) is 3.63. The minimum Gasteiger partial charge on any atom is -0.484 e. The smallest absolute Gasteiger partial charge is 0.273 e. The van der Waals surface area contributed by atoms with Gasteiger partial charge in [0.2, 0.25) is 6.79 Å². The van der Waals surface area contributed by atoms with E-state index in [4.69, 9.17) is 18.7 Å². The number of nitrogens with one attached hydrogen (secondary N) is 1. The van der Waals surface area contributed by atoms with Crippen LogP contribution in [0.5, 0.6) is 17.2 Å². The first-order chi connectivity index (χ1) is 13.7. The lowest BCUT2D eigenvalue weighted by molar-refractivity contribution is 0.0941. The Morgan fingerprint density at radius 1 is 1.18 bits per heavy atom. The fourth-order valence-electron chi connectivity index (χ4n) is 2.70. The number of ether oxygens (including phenoxy) is 3. The van der Waals surface area contributed by atoms with Gasteiger partial charge in [0, 0.05) is 17.5 Å². The van der Waals surface area contributed by atoms with E-state index < -0.39 is 0 Å². The maximum Gasteiger partial charge on any atom is 0.273 e. The van der Waals surface area contributed by atoms with Gasteiger partial charge in [-0.2, -0.15) is 0 Å². The molecule has 0 spiro atoms. The Balaban J connectivity index is 1.32. The summed E-state index contributed by atoms with van der Waals surface area (Å²) >= 11 is 1.60. The average molecular weight is 398 g/mol. The number of aromatic nitrogens is 1. The number of nitrogens with zero attached hydrogens (tertiary/aromatic N) is 1. The summed E-state index contributed by atoms with van der Waals surface area (Å²) in [6.45, 7) is 0.756. The van der Waals surface area contributed by atoms with Crippen molar-refractivity contribution in [1.82, 2.24) is 10.5 Å². The monoisotopic (exact) mass is 398 g/mol. The lowest BCUT2D eigenvalue weighted by Gasteiger charge is -2.07. The van der Waals surface area contributed by atoms with Gasteiger partial charge < -0.3 is 24.1 Å². The van der Waals surface area contributed by atoms with Gasteiger partial charge in [0.1, 0.15) is 12.4 Å². The molecule has 0 atom stereocenters. The van der Waals surface area contributed by atoms with E-state index in [0.717, 1.165) is 16.2 Å². The van der Waals surface area contributed by atoms with Crippen LogP contribution in [0.25, 0.3) is 0 Å². The molecule has 144 valence electrons. The van der Waals surface area contributed by atoms with Crippen LogP contribution in [0.1, 0.15) is 21.8 Å². The SMILES string of the molecule is CSc1ccccc1OCc1cc(C(=O)NCc2ccc3c(c2)OCO3)no1. The van der Waals surface area contributed by atoms with Crippen molar-refractivity contribution in [2.24, 2.45) is 0 Å². The van der Waals surface area contributed by atoms with E-state index in [-0.39, 0.29) is 25.0 Å². The molecule has 4 rings (SSSR count). The summed E-state index contributed by atoms with van der Waals surface area (Å²) in [5, 5.41) is 6.63. The molecule has 1 amide bonds. The molecule has 3 aromatic rings. The fraction of sp³-hybridized carbons (Fsp3) is 0.200. The van der Waals surface area contributed by atoms with Crippen molar-refractivity contribution in [3.63, 3.8) is 0 Å². The molecule has 2 aromatic carbocycles. The van der Waals surface area contributed by atoms with Crippen LogP contribution in [0.15, 0.2) is 57.9 Å². The largest absolute Gasteiger partial charge is 0.484 e. The molecule has 0 saturated heterocycles. The van der Waals surface area contributed by atoms with Crippen molar-refractivity contribution < 1.29 is 23.5 Å². The Labute approximate surface area is 166 Å². The van der Waals surface area contributed by atoms with Crippen LogP contribution in [0.4, 0.5) is 0 Å². The molecule has 0 unspecified atom stereocenters. The highest BCUT2D eigenvalue weighted by atomic mass is 32.2. The average Bonchev–Trinajstić information content (AvgIpc) is 3.39. The van der Waals surface area contributed by atoms with Crippen LogP contribution in [0.2, 0.25) is 0 Å². The predicted molar refractivity (Wildman–Crippen MR) is 103 cm³/mol. The molecular formula is C20H18N2O5S. The van der Waals surface area contributed by atoms with E-state index in [0.29, 0.717) is 23.8 Å². The minimum absolute atomic E-state index is 0.194. The minimum atomic E-state index is -0.322. The number of carbonyl (C=O) groups excluding carboxylic acids is 1. The van der Waals surface area contributed by atoms with E-state index >= 15 is 0 Å². The molecule has 8 heteroatoms. The molecule has 28 heavy (non-hydrogen) atoms. The molecule has 7 nitrogen and oxygen atoms in total. The van der Waals surface area contributed by atoms with Crippen LogP contribution < -0.4 is 19.5 Å². The van der Waals surface area contributed by atoms with Crippen molar-refractivity contribution in [2.75, 3.05) is 13.0 Å². The van der Waals surface area contributed by atoms with Gasteiger partial charge in [-0.25, -0.2) is 0 Å². The zero-order valence-corrected chi connectivity index (χ0v) is 16.0. The normalized spacial score (nSPS) is 12.0. The summed E-state index contributed by atoms with van der Waals surface area (Å²) in [6.07, 6.45) is 1.99. The number of para-hydroxylation sites is 1. The number of hydrogen-bond acceptors (Lipinski definition) is 7. The van der Waals surface area contributed by atoms with Crippen LogP contribution >= 0.6 is 11.8 Å². The number of fused-ring (bicyclic) bond motifs is 1. The van der Waals surface area contributed by atoms with Crippen LogP contribution in [-0.4, -0.2) is 24.1 Å². The van der Waals surface area contributed by atoms with Crippen LogP contribution in [0.3, 0.4) is 0 Å². The van der Waals surface area contributed by atoms with Gasteiger partial charge in [-0.15, -0.1) is 11.8 Å². The molecule has 1 aliphatic heterocycles. The van der Waals surface area contributed by atoms with Crippen molar-refractivity contribution in [2.45, 2.75) is 18.0 Å². The third kappa shape index (κ3) is 4.07. The first kappa shape index (κ1) is 18.2. The lowest BCUT2D eigenvalue weighted by atomic mass is 10.2. The van der Waals surface area contributed by atoms with Crippen molar-refractivity contribution in [1.29, 1.82) is 0 Å². The van der Waals surface area contributed by atoms with Gasteiger partial charge in [0.15, 0.2) is 23.0 Å². The highest BCUT2D eigenvalue weighted by Crippen LogP contribution is 2.32. The molecule has 2 heterocycles. The molecular weight excluding hydrogens is 380 g/mol. The third-order valence-corrected chi connectivity index (χ3v) is 4.90.